The number of hydrogen-bond acceptors (Lipinski definition) is 5. The fraction of sp³-hybridized carbons (Fsp3) is 0.156. The van der Waals surface area contributed by atoms with Gasteiger partial charge in [-0.25, -0.2) is 8.78 Å². The van der Waals surface area contributed by atoms with E-state index in [1.54, 1.807) is 12.1 Å². The van der Waals surface area contributed by atoms with Crippen molar-refractivity contribution in [2.45, 2.75) is 26.6 Å². The van der Waals surface area contributed by atoms with Crippen LogP contribution >= 0.6 is 0 Å². The lowest BCUT2D eigenvalue weighted by Gasteiger charge is -2.15. The van der Waals surface area contributed by atoms with Crippen molar-refractivity contribution in [2.75, 3.05) is 6.61 Å². The Morgan fingerprint density at radius 1 is 0.929 bits per heavy atom. The highest BCUT2D eigenvalue weighted by Crippen LogP contribution is 2.17. The van der Waals surface area contributed by atoms with E-state index in [1.807, 2.05) is 49.4 Å². The first-order valence-corrected chi connectivity index (χ1v) is 13.2. The van der Waals surface area contributed by atoms with E-state index >= 15 is 0 Å². The Morgan fingerprint density at radius 2 is 1.69 bits per heavy atom. The molecule has 5 rings (SSSR count). The smallest absolute Gasteiger partial charge is 0.278 e. The molecule has 10 heteroatoms. The molecule has 1 amide bonds. The van der Waals surface area contributed by atoms with E-state index in [2.05, 4.69) is 5.32 Å². The minimum absolute atomic E-state index is 0.0253. The van der Waals surface area contributed by atoms with Crippen molar-refractivity contribution in [3.8, 4) is 11.5 Å². The summed E-state index contributed by atoms with van der Waals surface area (Å²) in [5.74, 6) is -2.02. The van der Waals surface area contributed by atoms with Gasteiger partial charge in [-0.3, -0.25) is 14.4 Å². The number of carbonyl (C=O) groups excluding carboxylic acids is 1. The summed E-state index contributed by atoms with van der Waals surface area (Å²) in [5, 5.41) is 2.48. The van der Waals surface area contributed by atoms with Crippen LogP contribution in [0.25, 0.3) is 5.52 Å². The summed E-state index contributed by atoms with van der Waals surface area (Å²) in [6.07, 6.45) is 4.29. The van der Waals surface area contributed by atoms with E-state index in [0.29, 0.717) is 11.8 Å². The molecule has 2 aromatic heterocycles. The van der Waals surface area contributed by atoms with Crippen LogP contribution in [0.4, 0.5) is 8.78 Å². The molecule has 0 aliphatic heterocycles. The fourth-order valence-electron chi connectivity index (χ4n) is 4.32. The van der Waals surface area contributed by atoms with Gasteiger partial charge in [-0.05, 0) is 30.7 Å². The topological polar surface area (TPSA) is 91.0 Å². The summed E-state index contributed by atoms with van der Waals surface area (Å²) in [6, 6.07) is 19.6. The Hall–Kier alpha value is -5.25. The van der Waals surface area contributed by atoms with Gasteiger partial charge in [0.05, 0.1) is 6.54 Å². The van der Waals surface area contributed by atoms with E-state index in [4.69, 9.17) is 9.47 Å². The number of halogens is 2. The summed E-state index contributed by atoms with van der Waals surface area (Å²) in [6.45, 7) is 2.06. The number of rotatable bonds is 10. The van der Waals surface area contributed by atoms with Gasteiger partial charge < -0.3 is 23.8 Å². The molecule has 8 nitrogen and oxygen atoms in total. The predicted octanol–water partition coefficient (Wildman–Crippen LogP) is 4.64. The molecule has 0 saturated heterocycles. The normalized spacial score (nSPS) is 10.9. The number of aromatic nitrogens is 2. The summed E-state index contributed by atoms with van der Waals surface area (Å²) in [7, 11) is 0. The number of fused-ring (bicyclic) bond motifs is 1. The molecular weight excluding hydrogens is 544 g/mol. The van der Waals surface area contributed by atoms with E-state index < -0.39 is 28.5 Å². The molecular formula is C32H27F2N3O5. The van der Waals surface area contributed by atoms with Crippen molar-refractivity contribution in [3.63, 3.8) is 0 Å². The number of benzene rings is 3. The minimum Gasteiger partial charge on any atom is -0.492 e. The first kappa shape index (κ1) is 28.3. The SMILES string of the molecule is Cc1ccc(OCCn2ccn3cc(C(=O)NCc4ccc(F)cc4F)c(=O)c(OCc4ccccc4)c3c2=O)cc1. The van der Waals surface area contributed by atoms with Gasteiger partial charge in [-0.2, -0.15) is 0 Å². The molecule has 0 aliphatic carbocycles. The third kappa shape index (κ3) is 6.38. The quantitative estimate of drug-likeness (QED) is 0.264. The molecule has 2 heterocycles. The van der Waals surface area contributed by atoms with E-state index in [-0.39, 0.29) is 48.7 Å². The Labute approximate surface area is 239 Å². The first-order chi connectivity index (χ1) is 20.3. The summed E-state index contributed by atoms with van der Waals surface area (Å²) in [5.41, 5.74) is 0.228. The number of ether oxygens (including phenoxy) is 2. The van der Waals surface area contributed by atoms with E-state index in [1.165, 1.54) is 33.6 Å². The molecule has 42 heavy (non-hydrogen) atoms. The van der Waals surface area contributed by atoms with Crippen molar-refractivity contribution in [2.24, 2.45) is 0 Å². The molecule has 0 spiro atoms. The van der Waals surface area contributed by atoms with Crippen LogP contribution in [0.2, 0.25) is 0 Å². The standard InChI is InChI=1S/C32H27F2N3O5/c1-21-7-11-25(12-8-21)41-16-15-36-13-14-37-19-26(31(39)35-18-23-9-10-24(33)17-27(23)34)29(38)30(28(37)32(36)40)42-20-22-5-3-2-4-6-22/h2-14,17,19H,15-16,18,20H2,1H3,(H,35,39). The second kappa shape index (κ2) is 12.5. The average molecular weight is 572 g/mol. The maximum atomic E-state index is 14.1. The molecule has 0 fully saturated rings. The van der Waals surface area contributed by atoms with Crippen molar-refractivity contribution < 1.29 is 23.0 Å². The molecule has 0 radical (unpaired) electrons. The molecule has 214 valence electrons. The zero-order chi connectivity index (χ0) is 29.6. The average Bonchev–Trinajstić information content (AvgIpc) is 2.98. The van der Waals surface area contributed by atoms with Gasteiger partial charge in [0.2, 0.25) is 5.43 Å². The molecule has 1 N–H and O–H groups in total. The maximum Gasteiger partial charge on any atom is 0.278 e. The number of nitrogens with one attached hydrogen (secondary N) is 1. The second-order valence-corrected chi connectivity index (χ2v) is 9.61. The summed E-state index contributed by atoms with van der Waals surface area (Å²) < 4.78 is 41.7. The lowest BCUT2D eigenvalue weighted by Crippen LogP contribution is -2.32. The second-order valence-electron chi connectivity index (χ2n) is 9.61. The van der Waals surface area contributed by atoms with Gasteiger partial charge in [0.1, 0.15) is 36.2 Å². The summed E-state index contributed by atoms with van der Waals surface area (Å²) >= 11 is 0. The number of aryl methyl sites for hydroxylation is 1. The lowest BCUT2D eigenvalue weighted by atomic mass is 10.2. The minimum atomic E-state index is -0.829. The molecule has 0 bridgehead atoms. The summed E-state index contributed by atoms with van der Waals surface area (Å²) in [4.78, 5) is 40.2. The Bertz CT molecular complexity index is 1850. The lowest BCUT2D eigenvalue weighted by molar-refractivity contribution is 0.0948. The third-order valence-corrected chi connectivity index (χ3v) is 6.61. The van der Waals surface area contributed by atoms with Crippen molar-refractivity contribution in [1.29, 1.82) is 0 Å². The highest BCUT2D eigenvalue weighted by Gasteiger charge is 2.21. The van der Waals surface area contributed by atoms with Crippen molar-refractivity contribution in [3.05, 3.63) is 146 Å². The molecule has 0 saturated carbocycles. The third-order valence-electron chi connectivity index (χ3n) is 6.61. The van der Waals surface area contributed by atoms with Crippen LogP contribution in [0, 0.1) is 18.6 Å². The van der Waals surface area contributed by atoms with Gasteiger partial charge >= 0.3 is 0 Å². The monoisotopic (exact) mass is 571 g/mol. The molecule has 3 aromatic carbocycles. The Kier molecular flexibility index (Phi) is 8.42. The van der Waals surface area contributed by atoms with Crippen LogP contribution in [-0.2, 0) is 19.7 Å². The van der Waals surface area contributed by atoms with Gasteiger partial charge in [-0.15, -0.1) is 0 Å². The highest BCUT2D eigenvalue weighted by molar-refractivity contribution is 5.95. The van der Waals surface area contributed by atoms with Crippen LogP contribution in [0.15, 0.2) is 101 Å². The van der Waals surface area contributed by atoms with E-state index in [9.17, 15) is 23.2 Å². The Morgan fingerprint density at radius 3 is 2.43 bits per heavy atom. The van der Waals surface area contributed by atoms with Crippen molar-refractivity contribution in [1.82, 2.24) is 14.3 Å². The van der Waals surface area contributed by atoms with Crippen LogP contribution in [0.5, 0.6) is 11.5 Å². The predicted molar refractivity (Wildman–Crippen MR) is 153 cm³/mol. The van der Waals surface area contributed by atoms with Crippen LogP contribution < -0.4 is 25.8 Å². The van der Waals surface area contributed by atoms with Crippen LogP contribution in [-0.4, -0.2) is 21.5 Å². The maximum absolute atomic E-state index is 14.1. The largest absolute Gasteiger partial charge is 0.492 e. The molecule has 0 aliphatic rings. The highest BCUT2D eigenvalue weighted by atomic mass is 19.1. The first-order valence-electron chi connectivity index (χ1n) is 13.2. The van der Waals surface area contributed by atoms with Gasteiger partial charge in [-0.1, -0.05) is 54.1 Å². The molecule has 5 aromatic rings. The number of hydrogen-bond donors (Lipinski definition) is 1. The fourth-order valence-corrected chi connectivity index (χ4v) is 4.32. The number of pyridine rings is 1. The van der Waals surface area contributed by atoms with Gasteiger partial charge in [0.25, 0.3) is 11.5 Å². The van der Waals surface area contributed by atoms with Gasteiger partial charge in [0.15, 0.2) is 11.3 Å². The number of carbonyl (C=O) groups is 1. The van der Waals surface area contributed by atoms with Crippen molar-refractivity contribution >= 4 is 11.4 Å². The number of nitrogens with zero attached hydrogens (tertiary/aromatic N) is 2. The zero-order valence-corrected chi connectivity index (χ0v) is 22.7. The number of amides is 1. The Balaban J connectivity index is 1.46. The zero-order valence-electron chi connectivity index (χ0n) is 22.7. The molecule has 0 atom stereocenters. The van der Waals surface area contributed by atoms with Crippen LogP contribution in [0.3, 0.4) is 0 Å². The van der Waals surface area contributed by atoms with Gasteiger partial charge in [0, 0.05) is 36.8 Å². The van der Waals surface area contributed by atoms with E-state index in [0.717, 1.165) is 17.2 Å². The van der Waals surface area contributed by atoms with Crippen LogP contribution in [0.1, 0.15) is 27.0 Å². The molecule has 0 unspecified atom stereocenters.